The maximum Gasteiger partial charge on any atom is 0.314 e. The SMILES string of the molecule is Cc1nc(CN2C[C@@H](F)C[C@H]2CNC(=O)NC[C@H]2CCOC2)no1. The molecule has 3 heterocycles. The van der Waals surface area contributed by atoms with E-state index >= 15 is 0 Å². The number of amides is 2. The van der Waals surface area contributed by atoms with Gasteiger partial charge in [-0.2, -0.15) is 4.98 Å². The standard InChI is InChI=1S/C15H24FN5O3/c1-10-19-14(20-24-10)8-21-7-12(16)4-13(21)6-18-15(22)17-5-11-2-3-23-9-11/h11-13H,2-9H2,1H3,(H2,17,18,22)/t11-,12+,13+/m1/s1. The van der Waals surface area contributed by atoms with Crippen molar-refractivity contribution in [1.82, 2.24) is 25.7 Å². The monoisotopic (exact) mass is 341 g/mol. The van der Waals surface area contributed by atoms with E-state index in [1.807, 2.05) is 4.90 Å². The fourth-order valence-corrected chi connectivity index (χ4v) is 3.17. The van der Waals surface area contributed by atoms with Crippen LogP contribution in [0.4, 0.5) is 9.18 Å². The zero-order valence-corrected chi connectivity index (χ0v) is 13.8. The van der Waals surface area contributed by atoms with Gasteiger partial charge in [-0.1, -0.05) is 5.16 Å². The molecule has 0 aromatic carbocycles. The van der Waals surface area contributed by atoms with Gasteiger partial charge < -0.3 is 19.9 Å². The topological polar surface area (TPSA) is 92.5 Å². The van der Waals surface area contributed by atoms with E-state index in [0.717, 1.165) is 13.0 Å². The van der Waals surface area contributed by atoms with Crippen molar-refractivity contribution in [2.24, 2.45) is 5.92 Å². The van der Waals surface area contributed by atoms with Crippen LogP contribution in [0.2, 0.25) is 0 Å². The van der Waals surface area contributed by atoms with Gasteiger partial charge in [0.2, 0.25) is 5.89 Å². The highest BCUT2D eigenvalue weighted by Crippen LogP contribution is 2.21. The van der Waals surface area contributed by atoms with Crippen LogP contribution in [0.3, 0.4) is 0 Å². The van der Waals surface area contributed by atoms with E-state index in [-0.39, 0.29) is 12.1 Å². The lowest BCUT2D eigenvalue weighted by atomic mass is 10.1. The van der Waals surface area contributed by atoms with E-state index in [1.54, 1.807) is 6.92 Å². The highest BCUT2D eigenvalue weighted by molar-refractivity contribution is 5.73. The molecule has 0 saturated carbocycles. The minimum atomic E-state index is -0.900. The van der Waals surface area contributed by atoms with E-state index in [9.17, 15) is 9.18 Å². The second kappa shape index (κ2) is 7.89. The van der Waals surface area contributed by atoms with Crippen LogP contribution in [0.5, 0.6) is 0 Å². The second-order valence-corrected chi connectivity index (χ2v) is 6.47. The van der Waals surface area contributed by atoms with Gasteiger partial charge in [0.15, 0.2) is 5.82 Å². The molecule has 0 bridgehead atoms. The van der Waals surface area contributed by atoms with Gasteiger partial charge in [-0.3, -0.25) is 4.90 Å². The fraction of sp³-hybridized carbons (Fsp3) is 0.800. The Bertz CT molecular complexity index is 549. The number of carbonyl (C=O) groups excluding carboxylic acids is 1. The average Bonchev–Trinajstić information content (AvgIpc) is 3.26. The van der Waals surface area contributed by atoms with Gasteiger partial charge in [-0.25, -0.2) is 9.18 Å². The lowest BCUT2D eigenvalue weighted by Crippen LogP contribution is -2.44. The molecule has 1 aromatic heterocycles. The van der Waals surface area contributed by atoms with E-state index in [1.165, 1.54) is 0 Å². The van der Waals surface area contributed by atoms with Crippen LogP contribution in [0, 0.1) is 12.8 Å². The van der Waals surface area contributed by atoms with Crippen LogP contribution < -0.4 is 10.6 Å². The van der Waals surface area contributed by atoms with Gasteiger partial charge in [0.1, 0.15) is 6.17 Å². The molecular weight excluding hydrogens is 317 g/mol. The quantitative estimate of drug-likeness (QED) is 0.788. The van der Waals surface area contributed by atoms with E-state index in [0.29, 0.717) is 56.8 Å². The third-order valence-corrected chi connectivity index (χ3v) is 4.46. The van der Waals surface area contributed by atoms with Gasteiger partial charge in [0.05, 0.1) is 13.2 Å². The summed E-state index contributed by atoms with van der Waals surface area (Å²) in [5, 5.41) is 9.52. The molecule has 0 radical (unpaired) electrons. The first-order valence-corrected chi connectivity index (χ1v) is 8.37. The molecule has 24 heavy (non-hydrogen) atoms. The van der Waals surface area contributed by atoms with Crippen molar-refractivity contribution in [2.75, 3.05) is 32.8 Å². The Morgan fingerprint density at radius 2 is 2.25 bits per heavy atom. The minimum Gasteiger partial charge on any atom is -0.381 e. The molecule has 3 rings (SSSR count). The largest absolute Gasteiger partial charge is 0.381 e. The second-order valence-electron chi connectivity index (χ2n) is 6.47. The molecule has 9 heteroatoms. The predicted molar refractivity (Wildman–Crippen MR) is 83.1 cm³/mol. The Balaban J connectivity index is 1.42. The summed E-state index contributed by atoms with van der Waals surface area (Å²) in [6, 6.07) is -0.293. The highest BCUT2D eigenvalue weighted by atomic mass is 19.1. The highest BCUT2D eigenvalue weighted by Gasteiger charge is 2.33. The molecule has 2 amide bonds. The first kappa shape index (κ1) is 17.1. The number of aromatic nitrogens is 2. The van der Waals surface area contributed by atoms with Crippen LogP contribution in [0.1, 0.15) is 24.6 Å². The number of aryl methyl sites for hydroxylation is 1. The molecule has 2 aliphatic rings. The van der Waals surface area contributed by atoms with Crippen molar-refractivity contribution in [1.29, 1.82) is 0 Å². The summed E-state index contributed by atoms with van der Waals surface area (Å²) in [6.07, 6.45) is 0.473. The van der Waals surface area contributed by atoms with E-state index in [4.69, 9.17) is 9.26 Å². The summed E-state index contributed by atoms with van der Waals surface area (Å²) in [7, 11) is 0. The fourth-order valence-electron chi connectivity index (χ4n) is 3.17. The number of nitrogens with zero attached hydrogens (tertiary/aromatic N) is 3. The van der Waals surface area contributed by atoms with Crippen LogP contribution in [0.25, 0.3) is 0 Å². The molecule has 0 aliphatic carbocycles. The molecule has 3 atom stereocenters. The number of nitrogens with one attached hydrogen (secondary N) is 2. The third kappa shape index (κ3) is 4.64. The summed E-state index contributed by atoms with van der Waals surface area (Å²) in [5.41, 5.74) is 0. The molecule has 134 valence electrons. The van der Waals surface area contributed by atoms with E-state index < -0.39 is 6.17 Å². The Morgan fingerprint density at radius 1 is 1.42 bits per heavy atom. The molecule has 1 aromatic rings. The molecule has 2 saturated heterocycles. The minimum absolute atomic E-state index is 0.0700. The number of likely N-dealkylation sites (tertiary alicyclic amines) is 1. The Hall–Kier alpha value is -1.74. The van der Waals surface area contributed by atoms with E-state index in [2.05, 4.69) is 20.8 Å². The van der Waals surface area contributed by atoms with Crippen molar-refractivity contribution in [3.05, 3.63) is 11.7 Å². The molecule has 2 N–H and O–H groups in total. The molecular formula is C15H24FN5O3. The van der Waals surface area contributed by atoms with Crippen LogP contribution in [0.15, 0.2) is 4.52 Å². The summed E-state index contributed by atoms with van der Waals surface area (Å²) >= 11 is 0. The molecule has 2 aliphatic heterocycles. The summed E-state index contributed by atoms with van der Waals surface area (Å²) in [4.78, 5) is 18.0. The van der Waals surface area contributed by atoms with Crippen molar-refractivity contribution in [2.45, 2.75) is 38.5 Å². The van der Waals surface area contributed by atoms with Gasteiger partial charge in [-0.15, -0.1) is 0 Å². The van der Waals surface area contributed by atoms with Gasteiger partial charge in [-0.05, 0) is 12.8 Å². The van der Waals surface area contributed by atoms with Gasteiger partial charge in [0.25, 0.3) is 0 Å². The van der Waals surface area contributed by atoms with Crippen LogP contribution >= 0.6 is 0 Å². The number of alkyl halides is 1. The van der Waals surface area contributed by atoms with Gasteiger partial charge >= 0.3 is 6.03 Å². The number of ether oxygens (including phenoxy) is 1. The van der Waals surface area contributed by atoms with Crippen molar-refractivity contribution in [3.63, 3.8) is 0 Å². The summed E-state index contributed by atoms with van der Waals surface area (Å²) < 4.78 is 24.0. The number of hydrogen-bond donors (Lipinski definition) is 2. The Labute approximate surface area is 140 Å². The predicted octanol–water partition coefficient (Wildman–Crippen LogP) is 0.626. The summed E-state index contributed by atoms with van der Waals surface area (Å²) in [5.74, 6) is 1.42. The number of rotatable bonds is 6. The lowest BCUT2D eigenvalue weighted by molar-refractivity contribution is 0.184. The number of carbonyl (C=O) groups is 1. The average molecular weight is 341 g/mol. The smallest absolute Gasteiger partial charge is 0.314 e. The zero-order chi connectivity index (χ0) is 16.9. The maximum absolute atomic E-state index is 13.8. The number of hydrogen-bond acceptors (Lipinski definition) is 6. The third-order valence-electron chi connectivity index (χ3n) is 4.46. The molecule has 0 unspecified atom stereocenters. The van der Waals surface area contributed by atoms with Crippen molar-refractivity contribution < 1.29 is 18.4 Å². The molecule has 2 fully saturated rings. The zero-order valence-electron chi connectivity index (χ0n) is 13.8. The first-order valence-electron chi connectivity index (χ1n) is 8.37. The normalized spacial score (nSPS) is 27.5. The first-order chi connectivity index (χ1) is 11.6. The molecule has 8 nitrogen and oxygen atoms in total. The van der Waals surface area contributed by atoms with Gasteiger partial charge in [0, 0.05) is 45.1 Å². The number of urea groups is 1. The van der Waals surface area contributed by atoms with Crippen molar-refractivity contribution >= 4 is 6.03 Å². The van der Waals surface area contributed by atoms with Crippen molar-refractivity contribution in [3.8, 4) is 0 Å². The maximum atomic E-state index is 13.8. The Kier molecular flexibility index (Phi) is 5.62. The Morgan fingerprint density at radius 3 is 2.96 bits per heavy atom. The van der Waals surface area contributed by atoms with Crippen LogP contribution in [-0.2, 0) is 11.3 Å². The summed E-state index contributed by atoms with van der Waals surface area (Å²) in [6.45, 7) is 4.92. The number of halogens is 1. The molecule has 0 spiro atoms. The lowest BCUT2D eigenvalue weighted by Gasteiger charge is -2.23. The van der Waals surface area contributed by atoms with Crippen LogP contribution in [-0.4, -0.2) is 66.1 Å².